The summed E-state index contributed by atoms with van der Waals surface area (Å²) in [5.41, 5.74) is -0.560. The van der Waals surface area contributed by atoms with Crippen molar-refractivity contribution in [1.29, 1.82) is 0 Å². The molecule has 5 nitrogen and oxygen atoms in total. The van der Waals surface area contributed by atoms with Gasteiger partial charge in [-0.1, -0.05) is 13.0 Å². The smallest absolute Gasteiger partial charge is 0.308 e. The number of methoxy groups -OCH3 is 1. The van der Waals surface area contributed by atoms with Gasteiger partial charge in [0, 0.05) is 6.92 Å². The molecule has 5 heteroatoms. The summed E-state index contributed by atoms with van der Waals surface area (Å²) in [7, 11) is 1.39. The highest BCUT2D eigenvalue weighted by Gasteiger charge is 2.27. The van der Waals surface area contributed by atoms with Crippen molar-refractivity contribution in [2.24, 2.45) is 5.92 Å². The van der Waals surface area contributed by atoms with Gasteiger partial charge in [0.25, 0.3) is 0 Å². The third-order valence-corrected chi connectivity index (χ3v) is 3.08. The van der Waals surface area contributed by atoms with Crippen LogP contribution in [-0.4, -0.2) is 37.9 Å². The van der Waals surface area contributed by atoms with E-state index in [1.165, 1.54) is 14.0 Å². The van der Waals surface area contributed by atoms with E-state index in [9.17, 15) is 9.59 Å². The lowest BCUT2D eigenvalue weighted by Crippen LogP contribution is -2.35. The van der Waals surface area contributed by atoms with Gasteiger partial charge in [0.2, 0.25) is 0 Å². The molecule has 0 aliphatic heterocycles. The first-order valence-corrected chi connectivity index (χ1v) is 6.80. The summed E-state index contributed by atoms with van der Waals surface area (Å²) in [6.45, 7) is 9.29. The second-order valence-corrected chi connectivity index (χ2v) is 5.15. The van der Waals surface area contributed by atoms with Gasteiger partial charge in [-0.3, -0.25) is 9.59 Å². The fourth-order valence-electron chi connectivity index (χ4n) is 1.80. The van der Waals surface area contributed by atoms with Gasteiger partial charge in [-0.2, -0.15) is 0 Å². The van der Waals surface area contributed by atoms with Crippen molar-refractivity contribution < 1.29 is 23.8 Å². The Kier molecular flexibility index (Phi) is 8.88. The highest BCUT2D eigenvalue weighted by atomic mass is 16.6. The van der Waals surface area contributed by atoms with Gasteiger partial charge in [-0.05, 0) is 26.2 Å². The number of carbonyl (C=O) groups excluding carboxylic acids is 2. The molecule has 2 unspecified atom stereocenters. The summed E-state index contributed by atoms with van der Waals surface area (Å²) in [5, 5.41) is 0. The highest BCUT2D eigenvalue weighted by molar-refractivity contribution is 5.71. The van der Waals surface area contributed by atoms with Crippen molar-refractivity contribution in [3.8, 4) is 0 Å². The first-order chi connectivity index (χ1) is 9.34. The monoisotopic (exact) mass is 286 g/mol. The first-order valence-electron chi connectivity index (χ1n) is 6.80. The number of ether oxygens (including phenoxy) is 3. The molecule has 116 valence electrons. The van der Waals surface area contributed by atoms with E-state index >= 15 is 0 Å². The Morgan fingerprint density at radius 2 is 2.05 bits per heavy atom. The zero-order chi connectivity index (χ0) is 15.6. The van der Waals surface area contributed by atoms with Crippen LogP contribution >= 0.6 is 0 Å². The summed E-state index contributed by atoms with van der Waals surface area (Å²) < 4.78 is 15.4. The van der Waals surface area contributed by atoms with Crippen LogP contribution in [0.25, 0.3) is 0 Å². The first kappa shape index (κ1) is 18.6. The molecule has 0 rings (SSSR count). The van der Waals surface area contributed by atoms with E-state index in [1.807, 2.05) is 13.8 Å². The van der Waals surface area contributed by atoms with Crippen LogP contribution in [0.4, 0.5) is 0 Å². The Morgan fingerprint density at radius 3 is 2.55 bits per heavy atom. The zero-order valence-electron chi connectivity index (χ0n) is 12.9. The van der Waals surface area contributed by atoms with Gasteiger partial charge in [0.05, 0.1) is 25.2 Å². The molecule has 0 aromatic carbocycles. The van der Waals surface area contributed by atoms with Crippen molar-refractivity contribution in [3.05, 3.63) is 12.7 Å². The fraction of sp³-hybridized carbons (Fsp3) is 0.733. The normalized spacial score (nSPS) is 15.0. The standard InChI is InChI=1S/C15H26O5/c1-6-10-20-15(4,11-19-13(3)16)9-7-8-12(2)14(17)18-5/h6,12H,1,7-11H2,2-5H3. The van der Waals surface area contributed by atoms with Crippen LogP contribution in [0.3, 0.4) is 0 Å². The predicted octanol–water partition coefficient (Wildman–Crippen LogP) is 2.49. The van der Waals surface area contributed by atoms with Crippen LogP contribution in [-0.2, 0) is 23.8 Å². The molecule has 0 aromatic rings. The van der Waals surface area contributed by atoms with Crippen LogP contribution < -0.4 is 0 Å². The largest absolute Gasteiger partial charge is 0.469 e. The Labute approximate surface area is 121 Å². The molecule has 2 atom stereocenters. The molecule has 0 amide bonds. The van der Waals surface area contributed by atoms with Crippen molar-refractivity contribution in [2.75, 3.05) is 20.3 Å². The van der Waals surface area contributed by atoms with Crippen molar-refractivity contribution in [1.82, 2.24) is 0 Å². The molecule has 0 aliphatic carbocycles. The second-order valence-electron chi connectivity index (χ2n) is 5.15. The summed E-state index contributed by atoms with van der Waals surface area (Å²) in [6.07, 6.45) is 3.84. The third kappa shape index (κ3) is 7.94. The molecule has 0 fully saturated rings. The van der Waals surface area contributed by atoms with Crippen LogP contribution in [0.15, 0.2) is 12.7 Å². The lowest BCUT2D eigenvalue weighted by molar-refractivity contribution is -0.151. The number of carbonyl (C=O) groups is 2. The Balaban J connectivity index is 4.30. The molecule has 0 heterocycles. The molecule has 0 aromatic heterocycles. The Bertz CT molecular complexity index is 326. The van der Waals surface area contributed by atoms with Gasteiger partial charge < -0.3 is 14.2 Å². The average Bonchev–Trinajstić information content (AvgIpc) is 2.42. The van der Waals surface area contributed by atoms with Gasteiger partial charge in [0.1, 0.15) is 6.61 Å². The van der Waals surface area contributed by atoms with Crippen LogP contribution in [0.5, 0.6) is 0 Å². The van der Waals surface area contributed by atoms with Crippen molar-refractivity contribution >= 4 is 11.9 Å². The number of esters is 2. The summed E-state index contributed by atoms with van der Waals surface area (Å²) in [4.78, 5) is 22.2. The molecule has 0 radical (unpaired) electrons. The SMILES string of the molecule is C=CCOC(C)(CCCC(C)C(=O)OC)COC(C)=O. The maximum atomic E-state index is 11.3. The van der Waals surface area contributed by atoms with Crippen molar-refractivity contribution in [3.63, 3.8) is 0 Å². The molecule has 0 spiro atoms. The summed E-state index contributed by atoms with van der Waals surface area (Å²) in [5.74, 6) is -0.683. The van der Waals surface area contributed by atoms with Crippen LogP contribution in [0.2, 0.25) is 0 Å². The molecule has 0 saturated heterocycles. The van der Waals surface area contributed by atoms with E-state index in [4.69, 9.17) is 9.47 Å². The van der Waals surface area contributed by atoms with Crippen LogP contribution in [0.1, 0.15) is 40.0 Å². The minimum Gasteiger partial charge on any atom is -0.469 e. The Hall–Kier alpha value is -1.36. The molecule has 0 saturated carbocycles. The van der Waals surface area contributed by atoms with Gasteiger partial charge in [0.15, 0.2) is 0 Å². The molecular weight excluding hydrogens is 260 g/mol. The van der Waals surface area contributed by atoms with E-state index in [1.54, 1.807) is 6.08 Å². The maximum Gasteiger partial charge on any atom is 0.308 e. The van der Waals surface area contributed by atoms with E-state index in [0.29, 0.717) is 19.4 Å². The lowest BCUT2D eigenvalue weighted by atomic mass is 9.95. The molecule has 0 bridgehead atoms. The molecule has 0 N–H and O–H groups in total. The topological polar surface area (TPSA) is 61.8 Å². The molecule has 20 heavy (non-hydrogen) atoms. The highest BCUT2D eigenvalue weighted by Crippen LogP contribution is 2.22. The minimum atomic E-state index is -0.560. The van der Waals surface area contributed by atoms with Gasteiger partial charge in [-0.15, -0.1) is 6.58 Å². The van der Waals surface area contributed by atoms with E-state index in [-0.39, 0.29) is 24.5 Å². The summed E-state index contributed by atoms with van der Waals surface area (Å²) in [6, 6.07) is 0. The number of hydrogen-bond donors (Lipinski definition) is 0. The molecular formula is C15H26O5. The number of rotatable bonds is 10. The summed E-state index contributed by atoms with van der Waals surface area (Å²) >= 11 is 0. The van der Waals surface area contributed by atoms with E-state index < -0.39 is 5.60 Å². The van der Waals surface area contributed by atoms with Crippen LogP contribution in [0, 0.1) is 5.92 Å². The van der Waals surface area contributed by atoms with Crippen molar-refractivity contribution in [2.45, 2.75) is 45.6 Å². The molecule has 0 aliphatic rings. The third-order valence-electron chi connectivity index (χ3n) is 3.08. The predicted molar refractivity (Wildman–Crippen MR) is 76.2 cm³/mol. The fourth-order valence-corrected chi connectivity index (χ4v) is 1.80. The maximum absolute atomic E-state index is 11.3. The number of hydrogen-bond acceptors (Lipinski definition) is 5. The van der Waals surface area contributed by atoms with Gasteiger partial charge in [-0.25, -0.2) is 0 Å². The van der Waals surface area contributed by atoms with Gasteiger partial charge >= 0.3 is 11.9 Å². The average molecular weight is 286 g/mol. The lowest BCUT2D eigenvalue weighted by Gasteiger charge is -2.29. The van der Waals surface area contributed by atoms with E-state index in [2.05, 4.69) is 11.3 Å². The zero-order valence-corrected chi connectivity index (χ0v) is 12.9. The Morgan fingerprint density at radius 1 is 1.40 bits per heavy atom. The quantitative estimate of drug-likeness (QED) is 0.456. The second kappa shape index (κ2) is 9.53. The minimum absolute atomic E-state index is 0.141. The van der Waals surface area contributed by atoms with E-state index in [0.717, 1.165) is 6.42 Å².